The smallest absolute Gasteiger partial charge is 0.229 e. The van der Waals surface area contributed by atoms with Crippen molar-refractivity contribution >= 4 is 0 Å². The van der Waals surface area contributed by atoms with E-state index in [1.54, 1.807) is 0 Å². The fraction of sp³-hybridized carbons (Fsp3) is 0.833. The van der Waals surface area contributed by atoms with Gasteiger partial charge in [0.25, 0.3) is 0 Å². The SMILES string of the molecule is CC(C)CC(O)Cc1nc(C2(C)CC2)no1. The Kier molecular flexibility index (Phi) is 3.02. The molecule has 0 amide bonds. The normalized spacial score (nSPS) is 20.1. The zero-order valence-electron chi connectivity index (χ0n) is 10.2. The molecule has 0 bridgehead atoms. The molecule has 1 unspecified atom stereocenters. The molecule has 0 spiro atoms. The fourth-order valence-corrected chi connectivity index (χ4v) is 1.82. The average Bonchev–Trinajstić information content (AvgIpc) is 2.75. The van der Waals surface area contributed by atoms with Gasteiger partial charge >= 0.3 is 0 Å². The van der Waals surface area contributed by atoms with E-state index < -0.39 is 0 Å². The van der Waals surface area contributed by atoms with Crippen LogP contribution in [0.15, 0.2) is 4.52 Å². The zero-order valence-corrected chi connectivity index (χ0v) is 10.2. The standard InChI is InChI=1S/C12H20N2O2/c1-8(2)6-9(15)7-10-13-11(14-16-10)12(3)4-5-12/h8-9,15H,4-7H2,1-3H3. The maximum Gasteiger partial charge on any atom is 0.229 e. The summed E-state index contributed by atoms with van der Waals surface area (Å²) in [7, 11) is 0. The predicted octanol–water partition coefficient (Wildman–Crippen LogP) is 2.07. The number of hydrogen-bond acceptors (Lipinski definition) is 4. The summed E-state index contributed by atoms with van der Waals surface area (Å²) in [5, 5.41) is 13.8. The highest BCUT2D eigenvalue weighted by Gasteiger charge is 2.43. The van der Waals surface area contributed by atoms with Gasteiger partial charge < -0.3 is 9.63 Å². The molecule has 1 aromatic heterocycles. The highest BCUT2D eigenvalue weighted by Crippen LogP contribution is 2.45. The van der Waals surface area contributed by atoms with Crippen LogP contribution >= 0.6 is 0 Å². The second-order valence-corrected chi connectivity index (χ2v) is 5.56. The molecule has 1 aromatic rings. The van der Waals surface area contributed by atoms with Gasteiger partial charge in [0.1, 0.15) is 0 Å². The summed E-state index contributed by atoms with van der Waals surface area (Å²) >= 11 is 0. The first kappa shape index (κ1) is 11.6. The molecule has 0 saturated heterocycles. The summed E-state index contributed by atoms with van der Waals surface area (Å²) in [5.41, 5.74) is 0.144. The maximum atomic E-state index is 9.77. The molecule has 1 fully saturated rings. The molecular weight excluding hydrogens is 204 g/mol. The van der Waals surface area contributed by atoms with Crippen molar-refractivity contribution in [3.63, 3.8) is 0 Å². The molecule has 1 N–H and O–H groups in total. The first-order valence-electron chi connectivity index (χ1n) is 6.01. The van der Waals surface area contributed by atoms with Gasteiger partial charge in [-0.3, -0.25) is 0 Å². The summed E-state index contributed by atoms with van der Waals surface area (Å²) in [5.74, 6) is 1.86. The molecule has 1 heterocycles. The van der Waals surface area contributed by atoms with E-state index in [2.05, 4.69) is 30.9 Å². The van der Waals surface area contributed by atoms with E-state index in [4.69, 9.17) is 4.52 Å². The van der Waals surface area contributed by atoms with E-state index in [9.17, 15) is 5.11 Å². The van der Waals surface area contributed by atoms with Crippen molar-refractivity contribution in [2.75, 3.05) is 0 Å². The van der Waals surface area contributed by atoms with Gasteiger partial charge in [-0.25, -0.2) is 0 Å². The molecule has 0 aliphatic heterocycles. The Bertz CT molecular complexity index is 356. The minimum absolute atomic E-state index is 0.144. The average molecular weight is 224 g/mol. The number of rotatable bonds is 5. The van der Waals surface area contributed by atoms with Crippen molar-refractivity contribution in [3.8, 4) is 0 Å². The maximum absolute atomic E-state index is 9.77. The number of aliphatic hydroxyl groups excluding tert-OH is 1. The van der Waals surface area contributed by atoms with E-state index >= 15 is 0 Å². The minimum Gasteiger partial charge on any atom is -0.393 e. The molecule has 4 nitrogen and oxygen atoms in total. The molecule has 1 aliphatic carbocycles. The second kappa shape index (κ2) is 4.17. The Morgan fingerprint density at radius 3 is 2.69 bits per heavy atom. The molecule has 4 heteroatoms. The molecule has 1 saturated carbocycles. The molecule has 1 aliphatic rings. The van der Waals surface area contributed by atoms with Crippen molar-refractivity contribution in [1.82, 2.24) is 10.1 Å². The van der Waals surface area contributed by atoms with Gasteiger partial charge in [-0.15, -0.1) is 0 Å². The molecular formula is C12H20N2O2. The van der Waals surface area contributed by atoms with Crippen LogP contribution in [0.3, 0.4) is 0 Å². The third-order valence-corrected chi connectivity index (χ3v) is 3.16. The Hall–Kier alpha value is -0.900. The Labute approximate surface area is 96.1 Å². The lowest BCUT2D eigenvalue weighted by Crippen LogP contribution is -2.13. The quantitative estimate of drug-likeness (QED) is 0.831. The highest BCUT2D eigenvalue weighted by molar-refractivity contribution is 5.14. The van der Waals surface area contributed by atoms with Gasteiger partial charge in [-0.05, 0) is 25.2 Å². The monoisotopic (exact) mass is 224 g/mol. The predicted molar refractivity (Wildman–Crippen MR) is 60.0 cm³/mol. The lowest BCUT2D eigenvalue weighted by molar-refractivity contribution is 0.138. The van der Waals surface area contributed by atoms with E-state index in [1.165, 1.54) is 0 Å². The summed E-state index contributed by atoms with van der Waals surface area (Å²) in [6, 6.07) is 0. The van der Waals surface area contributed by atoms with Crippen LogP contribution < -0.4 is 0 Å². The van der Waals surface area contributed by atoms with Gasteiger partial charge in [-0.2, -0.15) is 4.98 Å². The van der Waals surface area contributed by atoms with Gasteiger partial charge in [-0.1, -0.05) is 25.9 Å². The lowest BCUT2D eigenvalue weighted by atomic mass is 10.0. The van der Waals surface area contributed by atoms with Crippen LogP contribution in [0.2, 0.25) is 0 Å². The lowest BCUT2D eigenvalue weighted by Gasteiger charge is -2.09. The molecule has 16 heavy (non-hydrogen) atoms. The summed E-state index contributed by atoms with van der Waals surface area (Å²) in [6.07, 6.45) is 3.15. The molecule has 2 rings (SSSR count). The topological polar surface area (TPSA) is 59.2 Å². The Balaban J connectivity index is 1.92. The summed E-state index contributed by atoms with van der Waals surface area (Å²) < 4.78 is 5.16. The zero-order chi connectivity index (χ0) is 11.8. The van der Waals surface area contributed by atoms with Gasteiger partial charge in [0.15, 0.2) is 5.82 Å². The number of nitrogens with zero attached hydrogens (tertiary/aromatic N) is 2. The van der Waals surface area contributed by atoms with Gasteiger partial charge in [0, 0.05) is 5.41 Å². The van der Waals surface area contributed by atoms with Crippen molar-refractivity contribution in [2.24, 2.45) is 5.92 Å². The van der Waals surface area contributed by atoms with Crippen LogP contribution in [0.4, 0.5) is 0 Å². The molecule has 0 aromatic carbocycles. The van der Waals surface area contributed by atoms with Crippen LogP contribution in [-0.4, -0.2) is 21.4 Å². The van der Waals surface area contributed by atoms with Crippen LogP contribution in [-0.2, 0) is 11.8 Å². The largest absolute Gasteiger partial charge is 0.393 e. The van der Waals surface area contributed by atoms with Crippen LogP contribution in [0.25, 0.3) is 0 Å². The number of aliphatic hydroxyl groups is 1. The van der Waals surface area contributed by atoms with E-state index in [1.807, 2.05) is 0 Å². The van der Waals surface area contributed by atoms with E-state index in [-0.39, 0.29) is 11.5 Å². The number of hydrogen-bond donors (Lipinski definition) is 1. The van der Waals surface area contributed by atoms with Crippen molar-refractivity contribution in [3.05, 3.63) is 11.7 Å². The van der Waals surface area contributed by atoms with E-state index in [0.717, 1.165) is 25.1 Å². The minimum atomic E-state index is -0.375. The Morgan fingerprint density at radius 2 is 2.12 bits per heavy atom. The highest BCUT2D eigenvalue weighted by atomic mass is 16.5. The summed E-state index contributed by atoms with van der Waals surface area (Å²) in [4.78, 5) is 4.35. The van der Waals surface area contributed by atoms with Crippen molar-refractivity contribution < 1.29 is 9.63 Å². The van der Waals surface area contributed by atoms with Gasteiger partial charge in [0.2, 0.25) is 5.89 Å². The first-order valence-corrected chi connectivity index (χ1v) is 6.01. The van der Waals surface area contributed by atoms with Crippen LogP contribution in [0.5, 0.6) is 0 Å². The van der Waals surface area contributed by atoms with E-state index in [0.29, 0.717) is 18.2 Å². The number of aromatic nitrogens is 2. The first-order chi connectivity index (χ1) is 7.49. The Morgan fingerprint density at radius 1 is 1.44 bits per heavy atom. The van der Waals surface area contributed by atoms with Crippen LogP contribution in [0.1, 0.15) is 51.7 Å². The molecule has 0 radical (unpaired) electrons. The third kappa shape index (κ3) is 2.61. The van der Waals surface area contributed by atoms with Crippen molar-refractivity contribution in [1.29, 1.82) is 0 Å². The van der Waals surface area contributed by atoms with Crippen molar-refractivity contribution in [2.45, 2.75) is 58.0 Å². The third-order valence-electron chi connectivity index (χ3n) is 3.16. The van der Waals surface area contributed by atoms with Crippen LogP contribution in [0, 0.1) is 5.92 Å². The van der Waals surface area contributed by atoms with Gasteiger partial charge in [0.05, 0.1) is 12.5 Å². The molecule has 1 atom stereocenters. The molecule has 90 valence electrons. The fourth-order valence-electron chi connectivity index (χ4n) is 1.82. The second-order valence-electron chi connectivity index (χ2n) is 5.56. The summed E-state index contributed by atoms with van der Waals surface area (Å²) in [6.45, 7) is 6.33.